The van der Waals surface area contributed by atoms with Gasteiger partial charge in [-0.1, -0.05) is 24.3 Å². The highest BCUT2D eigenvalue weighted by Crippen LogP contribution is 2.29. The number of anilines is 1. The van der Waals surface area contributed by atoms with E-state index in [1.807, 2.05) is 71.6 Å². The third-order valence-electron chi connectivity index (χ3n) is 4.85. The van der Waals surface area contributed by atoms with Gasteiger partial charge in [-0.25, -0.2) is 4.79 Å². The van der Waals surface area contributed by atoms with Gasteiger partial charge in [-0.15, -0.1) is 0 Å². The Hall–Kier alpha value is -4.32. The Morgan fingerprint density at radius 3 is 2.24 bits per heavy atom. The zero-order chi connectivity index (χ0) is 24.1. The second-order valence-electron chi connectivity index (χ2n) is 8.72. The van der Waals surface area contributed by atoms with Crippen LogP contribution >= 0.6 is 0 Å². The van der Waals surface area contributed by atoms with Crippen molar-refractivity contribution in [3.8, 4) is 17.2 Å². The zero-order valence-corrected chi connectivity index (χ0v) is 19.3. The molecule has 0 aliphatic rings. The smallest absolute Gasteiger partial charge is 0.340 e. The maximum Gasteiger partial charge on any atom is 0.340 e. The van der Waals surface area contributed by atoms with Gasteiger partial charge in [0.15, 0.2) is 0 Å². The van der Waals surface area contributed by atoms with Crippen LogP contribution in [0, 0.1) is 0 Å². The monoisotopic (exact) mass is 454 g/mol. The van der Waals surface area contributed by atoms with Crippen LogP contribution in [0.15, 0.2) is 97.3 Å². The molecule has 0 saturated heterocycles. The molecule has 172 valence electrons. The first kappa shape index (κ1) is 22.9. The van der Waals surface area contributed by atoms with Crippen molar-refractivity contribution < 1.29 is 19.1 Å². The molecule has 34 heavy (non-hydrogen) atoms. The second-order valence-corrected chi connectivity index (χ2v) is 8.72. The fourth-order valence-electron chi connectivity index (χ4n) is 3.33. The number of nitrogens with zero attached hydrogens (tertiary/aromatic N) is 1. The molecule has 0 spiro atoms. The lowest BCUT2D eigenvalue weighted by Crippen LogP contribution is -2.25. The van der Waals surface area contributed by atoms with E-state index in [1.165, 1.54) is 0 Å². The summed E-state index contributed by atoms with van der Waals surface area (Å²) in [5, 5.41) is 2.86. The molecule has 0 aliphatic heterocycles. The molecule has 3 aromatic carbocycles. The van der Waals surface area contributed by atoms with Crippen LogP contribution in [-0.2, 0) is 4.74 Å². The summed E-state index contributed by atoms with van der Waals surface area (Å²) in [6.45, 7) is 5.38. The minimum atomic E-state index is -0.678. The number of amides is 1. The summed E-state index contributed by atoms with van der Waals surface area (Å²) in [7, 11) is 0. The average Bonchev–Trinajstić information content (AvgIpc) is 3.34. The number of nitrogens with one attached hydrogen (secondary N) is 1. The van der Waals surface area contributed by atoms with E-state index in [2.05, 4.69) is 5.32 Å². The molecule has 0 saturated carbocycles. The van der Waals surface area contributed by atoms with Crippen LogP contribution < -0.4 is 10.1 Å². The van der Waals surface area contributed by atoms with Crippen LogP contribution in [0.4, 0.5) is 5.69 Å². The van der Waals surface area contributed by atoms with Crippen molar-refractivity contribution in [3.05, 3.63) is 108 Å². The number of hydrogen-bond donors (Lipinski definition) is 1. The topological polar surface area (TPSA) is 69.6 Å². The molecule has 4 rings (SSSR count). The third kappa shape index (κ3) is 5.72. The summed E-state index contributed by atoms with van der Waals surface area (Å²) < 4.78 is 13.4. The van der Waals surface area contributed by atoms with Gasteiger partial charge in [-0.3, -0.25) is 4.79 Å². The number of ether oxygens (including phenoxy) is 2. The quantitative estimate of drug-likeness (QED) is 0.339. The Labute approximate surface area is 198 Å². The van der Waals surface area contributed by atoms with Crippen LogP contribution in [0.1, 0.15) is 41.5 Å². The van der Waals surface area contributed by atoms with Crippen molar-refractivity contribution >= 4 is 17.6 Å². The molecular weight excluding hydrogens is 428 g/mol. The number of carbonyl (C=O) groups is 2. The van der Waals surface area contributed by atoms with Gasteiger partial charge in [-0.05, 0) is 75.4 Å². The van der Waals surface area contributed by atoms with Gasteiger partial charge in [0.25, 0.3) is 5.91 Å². The van der Waals surface area contributed by atoms with Crippen molar-refractivity contribution in [2.45, 2.75) is 26.4 Å². The minimum absolute atomic E-state index is 0.241. The Kier molecular flexibility index (Phi) is 6.50. The van der Waals surface area contributed by atoms with Gasteiger partial charge in [0.1, 0.15) is 17.1 Å². The Morgan fingerprint density at radius 2 is 1.53 bits per heavy atom. The highest BCUT2D eigenvalue weighted by atomic mass is 16.6. The Balaban J connectivity index is 1.64. The highest BCUT2D eigenvalue weighted by Gasteiger charge is 2.22. The number of benzene rings is 3. The first-order valence-corrected chi connectivity index (χ1v) is 10.9. The first-order chi connectivity index (χ1) is 16.3. The molecule has 1 amide bonds. The minimum Gasteiger partial charge on any atom is -0.457 e. The molecule has 0 bridgehead atoms. The average molecular weight is 455 g/mol. The van der Waals surface area contributed by atoms with Gasteiger partial charge in [-0.2, -0.15) is 0 Å². The Morgan fingerprint density at radius 1 is 0.794 bits per heavy atom. The van der Waals surface area contributed by atoms with E-state index >= 15 is 0 Å². The van der Waals surface area contributed by atoms with E-state index in [9.17, 15) is 9.59 Å². The zero-order valence-electron chi connectivity index (χ0n) is 19.3. The first-order valence-electron chi connectivity index (χ1n) is 10.9. The molecule has 1 N–H and O–H groups in total. The number of aromatic nitrogens is 1. The molecule has 1 heterocycles. The van der Waals surface area contributed by atoms with E-state index in [0.29, 0.717) is 22.7 Å². The van der Waals surface area contributed by atoms with E-state index in [1.54, 1.807) is 51.1 Å². The van der Waals surface area contributed by atoms with Crippen molar-refractivity contribution in [2.24, 2.45) is 0 Å². The summed E-state index contributed by atoms with van der Waals surface area (Å²) in [6, 6.07) is 25.2. The largest absolute Gasteiger partial charge is 0.457 e. The number of esters is 1. The molecule has 6 nitrogen and oxygen atoms in total. The van der Waals surface area contributed by atoms with Crippen LogP contribution in [-0.4, -0.2) is 22.0 Å². The van der Waals surface area contributed by atoms with Crippen LogP contribution in [0.25, 0.3) is 5.69 Å². The van der Waals surface area contributed by atoms with E-state index in [-0.39, 0.29) is 11.5 Å². The lowest BCUT2D eigenvalue weighted by Gasteiger charge is -2.21. The highest BCUT2D eigenvalue weighted by molar-refractivity contribution is 6.08. The number of hydrogen-bond acceptors (Lipinski definition) is 4. The molecule has 0 unspecified atom stereocenters. The molecule has 0 radical (unpaired) electrons. The number of para-hydroxylation sites is 1. The predicted molar refractivity (Wildman–Crippen MR) is 132 cm³/mol. The van der Waals surface area contributed by atoms with Gasteiger partial charge in [0.05, 0.1) is 11.3 Å². The van der Waals surface area contributed by atoms with Crippen molar-refractivity contribution in [1.29, 1.82) is 0 Å². The summed E-state index contributed by atoms with van der Waals surface area (Å²) in [4.78, 5) is 26.0. The van der Waals surface area contributed by atoms with Crippen molar-refractivity contribution in [1.82, 2.24) is 4.57 Å². The summed E-state index contributed by atoms with van der Waals surface area (Å²) in [6.07, 6.45) is 3.81. The summed E-state index contributed by atoms with van der Waals surface area (Å²) in [5.74, 6) is 0.241. The fourth-order valence-corrected chi connectivity index (χ4v) is 3.33. The lowest BCUT2D eigenvalue weighted by molar-refractivity contribution is 0.00707. The summed E-state index contributed by atoms with van der Waals surface area (Å²) in [5.41, 5.74) is 1.18. The number of carbonyl (C=O) groups excluding carboxylic acids is 2. The van der Waals surface area contributed by atoms with Gasteiger partial charge < -0.3 is 19.4 Å². The van der Waals surface area contributed by atoms with Crippen LogP contribution in [0.5, 0.6) is 11.5 Å². The molecule has 0 aliphatic carbocycles. The molecule has 0 atom stereocenters. The van der Waals surface area contributed by atoms with E-state index in [0.717, 1.165) is 5.69 Å². The van der Waals surface area contributed by atoms with Crippen LogP contribution in [0.3, 0.4) is 0 Å². The maximum atomic E-state index is 13.2. The van der Waals surface area contributed by atoms with Crippen molar-refractivity contribution in [3.63, 3.8) is 0 Å². The van der Waals surface area contributed by atoms with E-state index < -0.39 is 11.6 Å². The molecule has 6 heteroatoms. The SMILES string of the molecule is CC(C)(C)OC(=O)c1ccc(Oc2ccccc2)cc1NC(=O)c1cccc(-n2cccc2)c1. The van der Waals surface area contributed by atoms with Crippen molar-refractivity contribution in [2.75, 3.05) is 5.32 Å². The second kappa shape index (κ2) is 9.67. The van der Waals surface area contributed by atoms with Gasteiger partial charge >= 0.3 is 5.97 Å². The molecule has 4 aromatic rings. The predicted octanol–water partition coefficient (Wildman–Crippen LogP) is 6.48. The van der Waals surface area contributed by atoms with Gasteiger partial charge in [0, 0.05) is 29.7 Å². The standard InChI is InChI=1S/C28H26N2O4/c1-28(2,3)34-27(32)24-15-14-23(33-22-12-5-4-6-13-22)19-25(24)29-26(31)20-10-9-11-21(18-20)30-16-7-8-17-30/h4-19H,1-3H3,(H,29,31). The normalized spacial score (nSPS) is 11.0. The fraction of sp³-hybridized carbons (Fsp3) is 0.143. The third-order valence-corrected chi connectivity index (χ3v) is 4.85. The Bertz CT molecular complexity index is 1290. The maximum absolute atomic E-state index is 13.2. The van der Waals surface area contributed by atoms with Crippen LogP contribution in [0.2, 0.25) is 0 Å². The molecule has 1 aromatic heterocycles. The lowest BCUT2D eigenvalue weighted by atomic mass is 10.1. The summed E-state index contributed by atoms with van der Waals surface area (Å²) >= 11 is 0. The molecular formula is C28H26N2O4. The number of rotatable bonds is 6. The van der Waals surface area contributed by atoms with E-state index in [4.69, 9.17) is 9.47 Å². The molecule has 0 fully saturated rings. The van der Waals surface area contributed by atoms with Gasteiger partial charge in [0.2, 0.25) is 0 Å².